The average molecular weight is 232 g/mol. The number of nitrogens with two attached hydrogens (primary N) is 1. The van der Waals surface area contributed by atoms with Crippen LogP contribution < -0.4 is 10.5 Å². The minimum absolute atomic E-state index is 0.00989. The minimum atomic E-state index is -0.00989. The molecule has 0 aromatic heterocycles. The molecular formula is C14H20N2O. The fraction of sp³-hybridized carbons (Fsp3) is 0.500. The Balaban J connectivity index is 2.71. The number of nitrogens with zero attached hydrogens (tertiary/aromatic N) is 1. The average Bonchev–Trinajstić information content (AvgIpc) is 2.27. The summed E-state index contributed by atoms with van der Waals surface area (Å²) in [5.74, 6) is 0.803. The second-order valence-corrected chi connectivity index (χ2v) is 5.19. The monoisotopic (exact) mass is 232 g/mol. The molecule has 1 rings (SSSR count). The van der Waals surface area contributed by atoms with Crippen LogP contribution in [0.5, 0.6) is 5.75 Å². The fourth-order valence-corrected chi connectivity index (χ4v) is 1.52. The molecule has 0 aliphatic heterocycles. The Morgan fingerprint density at radius 2 is 1.88 bits per heavy atom. The summed E-state index contributed by atoms with van der Waals surface area (Å²) < 4.78 is 5.85. The first-order valence-corrected chi connectivity index (χ1v) is 5.80. The van der Waals surface area contributed by atoms with Crippen LogP contribution in [0.4, 0.5) is 0 Å². The van der Waals surface area contributed by atoms with Gasteiger partial charge in [-0.3, -0.25) is 0 Å². The zero-order valence-corrected chi connectivity index (χ0v) is 10.7. The third-order valence-corrected chi connectivity index (χ3v) is 2.66. The van der Waals surface area contributed by atoms with E-state index in [1.165, 1.54) is 0 Å². The van der Waals surface area contributed by atoms with Gasteiger partial charge in [0.05, 0.1) is 12.5 Å². The third kappa shape index (κ3) is 4.08. The Kier molecular flexibility index (Phi) is 4.53. The first-order valence-electron chi connectivity index (χ1n) is 5.80. The fourth-order valence-electron chi connectivity index (χ4n) is 1.52. The van der Waals surface area contributed by atoms with Crippen LogP contribution in [0.2, 0.25) is 0 Å². The zero-order chi connectivity index (χ0) is 12.9. The molecule has 0 bridgehead atoms. The highest BCUT2D eigenvalue weighted by molar-refractivity contribution is 5.29. The highest BCUT2D eigenvalue weighted by Crippen LogP contribution is 2.24. The maximum absolute atomic E-state index is 8.58. The maximum atomic E-state index is 8.58. The van der Waals surface area contributed by atoms with Crippen LogP contribution in [0.25, 0.3) is 0 Å². The molecule has 0 amide bonds. The van der Waals surface area contributed by atoms with E-state index in [2.05, 4.69) is 26.8 Å². The van der Waals surface area contributed by atoms with Gasteiger partial charge in [0.15, 0.2) is 0 Å². The molecule has 1 unspecified atom stereocenters. The molecule has 1 aromatic rings. The van der Waals surface area contributed by atoms with Crippen LogP contribution >= 0.6 is 0 Å². The number of rotatable bonds is 4. The first kappa shape index (κ1) is 13.5. The number of ether oxygens (including phenoxy) is 1. The number of benzene rings is 1. The highest BCUT2D eigenvalue weighted by atomic mass is 16.5. The van der Waals surface area contributed by atoms with Gasteiger partial charge < -0.3 is 10.5 Å². The highest BCUT2D eigenvalue weighted by Gasteiger charge is 2.24. The van der Waals surface area contributed by atoms with E-state index in [9.17, 15) is 0 Å². The van der Waals surface area contributed by atoms with E-state index in [4.69, 9.17) is 15.7 Å². The standard InChI is InChI=1S/C14H20N2O/c1-14(2,3)13(10-16)17-12-6-4-11(5-7-12)8-9-15/h4-7,13H,8,10,16H2,1-3H3. The van der Waals surface area contributed by atoms with Gasteiger partial charge in [-0.1, -0.05) is 32.9 Å². The van der Waals surface area contributed by atoms with Gasteiger partial charge in [-0.15, -0.1) is 0 Å². The Morgan fingerprint density at radius 1 is 1.29 bits per heavy atom. The summed E-state index contributed by atoms with van der Waals surface area (Å²) in [5, 5.41) is 8.58. The van der Waals surface area contributed by atoms with Crippen LogP contribution in [0.3, 0.4) is 0 Å². The Labute approximate surface area is 103 Å². The van der Waals surface area contributed by atoms with E-state index in [0.29, 0.717) is 13.0 Å². The summed E-state index contributed by atoms with van der Waals surface area (Å²) in [4.78, 5) is 0. The van der Waals surface area contributed by atoms with Crippen molar-refractivity contribution >= 4 is 0 Å². The maximum Gasteiger partial charge on any atom is 0.119 e. The molecule has 2 N–H and O–H groups in total. The topological polar surface area (TPSA) is 59.0 Å². The van der Waals surface area contributed by atoms with Gasteiger partial charge >= 0.3 is 0 Å². The van der Waals surface area contributed by atoms with Gasteiger partial charge in [0.2, 0.25) is 0 Å². The molecule has 17 heavy (non-hydrogen) atoms. The quantitative estimate of drug-likeness (QED) is 0.867. The van der Waals surface area contributed by atoms with Gasteiger partial charge in [0.25, 0.3) is 0 Å². The Morgan fingerprint density at radius 3 is 2.29 bits per heavy atom. The normalized spacial score (nSPS) is 12.9. The van der Waals surface area contributed by atoms with Gasteiger partial charge in [0.1, 0.15) is 11.9 Å². The Hall–Kier alpha value is -1.53. The van der Waals surface area contributed by atoms with Crippen molar-refractivity contribution in [3.05, 3.63) is 29.8 Å². The molecule has 0 saturated carbocycles. The molecule has 92 valence electrons. The largest absolute Gasteiger partial charge is 0.489 e. The lowest BCUT2D eigenvalue weighted by atomic mass is 9.89. The predicted molar refractivity (Wildman–Crippen MR) is 68.7 cm³/mol. The number of hydrogen-bond donors (Lipinski definition) is 1. The van der Waals surface area contributed by atoms with E-state index in [0.717, 1.165) is 11.3 Å². The summed E-state index contributed by atoms with van der Waals surface area (Å²) in [6.07, 6.45) is 0.421. The summed E-state index contributed by atoms with van der Waals surface area (Å²) in [6.45, 7) is 6.81. The van der Waals surface area contributed by atoms with Crippen molar-refractivity contribution in [3.8, 4) is 11.8 Å². The first-order chi connectivity index (χ1) is 7.97. The van der Waals surface area contributed by atoms with Crippen LogP contribution in [-0.2, 0) is 6.42 Å². The summed E-state index contributed by atoms with van der Waals surface area (Å²) in [6, 6.07) is 9.72. The lowest BCUT2D eigenvalue weighted by Gasteiger charge is -2.30. The zero-order valence-electron chi connectivity index (χ0n) is 10.7. The van der Waals surface area contributed by atoms with Crippen molar-refractivity contribution in [2.24, 2.45) is 11.1 Å². The van der Waals surface area contributed by atoms with Crippen molar-refractivity contribution in [3.63, 3.8) is 0 Å². The molecule has 3 nitrogen and oxygen atoms in total. The van der Waals surface area contributed by atoms with Crippen LogP contribution in [0.15, 0.2) is 24.3 Å². The molecule has 0 aliphatic rings. The van der Waals surface area contributed by atoms with Crippen molar-refractivity contribution in [1.82, 2.24) is 0 Å². The SMILES string of the molecule is CC(C)(C)C(CN)Oc1ccc(CC#N)cc1. The number of nitriles is 1. The summed E-state index contributed by atoms with van der Waals surface area (Å²) in [7, 11) is 0. The van der Waals surface area contributed by atoms with Crippen LogP contribution in [-0.4, -0.2) is 12.6 Å². The van der Waals surface area contributed by atoms with Gasteiger partial charge in [-0.05, 0) is 17.7 Å². The molecular weight excluding hydrogens is 212 g/mol. The third-order valence-electron chi connectivity index (χ3n) is 2.66. The molecule has 3 heteroatoms. The number of hydrogen-bond acceptors (Lipinski definition) is 3. The molecule has 0 aliphatic carbocycles. The lowest BCUT2D eigenvalue weighted by Crippen LogP contribution is -2.38. The molecule has 0 heterocycles. The molecule has 1 atom stereocenters. The molecule has 0 saturated heterocycles. The molecule has 0 fully saturated rings. The smallest absolute Gasteiger partial charge is 0.119 e. The second-order valence-electron chi connectivity index (χ2n) is 5.19. The molecule has 1 aromatic carbocycles. The van der Waals surface area contributed by atoms with Gasteiger partial charge in [-0.25, -0.2) is 0 Å². The molecule has 0 radical (unpaired) electrons. The Bertz CT molecular complexity index is 384. The van der Waals surface area contributed by atoms with Crippen LogP contribution in [0, 0.1) is 16.7 Å². The lowest BCUT2D eigenvalue weighted by molar-refractivity contribution is 0.0942. The van der Waals surface area contributed by atoms with Crippen molar-refractivity contribution < 1.29 is 4.74 Å². The van der Waals surface area contributed by atoms with Gasteiger partial charge in [-0.2, -0.15) is 5.26 Å². The van der Waals surface area contributed by atoms with Crippen molar-refractivity contribution in [1.29, 1.82) is 5.26 Å². The van der Waals surface area contributed by atoms with Gasteiger partial charge in [0, 0.05) is 12.0 Å². The van der Waals surface area contributed by atoms with E-state index >= 15 is 0 Å². The van der Waals surface area contributed by atoms with E-state index < -0.39 is 0 Å². The predicted octanol–water partition coefficient (Wildman–Crippen LogP) is 2.50. The van der Waals surface area contributed by atoms with E-state index in [1.54, 1.807) is 0 Å². The van der Waals surface area contributed by atoms with E-state index in [1.807, 2.05) is 24.3 Å². The summed E-state index contributed by atoms with van der Waals surface area (Å²) in [5.41, 5.74) is 6.73. The van der Waals surface area contributed by atoms with Crippen LogP contribution in [0.1, 0.15) is 26.3 Å². The molecule has 0 spiro atoms. The van der Waals surface area contributed by atoms with Crippen molar-refractivity contribution in [2.45, 2.75) is 33.3 Å². The van der Waals surface area contributed by atoms with Crippen molar-refractivity contribution in [2.75, 3.05) is 6.54 Å². The summed E-state index contributed by atoms with van der Waals surface area (Å²) >= 11 is 0. The van der Waals surface area contributed by atoms with E-state index in [-0.39, 0.29) is 11.5 Å². The minimum Gasteiger partial charge on any atom is -0.489 e. The second kappa shape index (κ2) is 5.70.